The third-order valence-electron chi connectivity index (χ3n) is 3.77. The molecule has 1 unspecified atom stereocenters. The smallest absolute Gasteiger partial charge is 0.255 e. The van der Waals surface area contributed by atoms with Crippen molar-refractivity contribution < 1.29 is 14.3 Å². The molecule has 1 aromatic heterocycles. The van der Waals surface area contributed by atoms with E-state index in [1.165, 1.54) is 23.1 Å². The molecule has 28 heavy (non-hydrogen) atoms. The van der Waals surface area contributed by atoms with Crippen LogP contribution in [0.3, 0.4) is 0 Å². The van der Waals surface area contributed by atoms with Gasteiger partial charge in [0.25, 0.3) is 5.91 Å². The highest BCUT2D eigenvalue weighted by Crippen LogP contribution is 2.27. The predicted octanol–water partition coefficient (Wildman–Crippen LogP) is 4.52. The lowest BCUT2D eigenvalue weighted by atomic mass is 10.2. The third kappa shape index (κ3) is 5.34. The Balaban J connectivity index is 1.63. The molecule has 3 aromatic rings. The van der Waals surface area contributed by atoms with Gasteiger partial charge < -0.3 is 15.4 Å². The topological polar surface area (TPSA) is 80.3 Å². The monoisotopic (exact) mass is 413 g/mol. The maximum Gasteiger partial charge on any atom is 0.255 e. The number of thioether (sulfide) groups is 1. The molecule has 0 aliphatic carbocycles. The van der Waals surface area contributed by atoms with Crippen LogP contribution in [0, 0.1) is 0 Å². The van der Waals surface area contributed by atoms with E-state index < -0.39 is 0 Å². The first-order valence-corrected chi connectivity index (χ1v) is 10.2. The lowest BCUT2D eigenvalue weighted by Gasteiger charge is -2.12. The van der Waals surface area contributed by atoms with Gasteiger partial charge in [0.2, 0.25) is 5.91 Å². The lowest BCUT2D eigenvalue weighted by molar-refractivity contribution is -0.115. The molecule has 0 fully saturated rings. The minimum atomic E-state index is -0.312. The molecule has 0 bridgehead atoms. The maximum atomic E-state index is 12.5. The van der Waals surface area contributed by atoms with Gasteiger partial charge in [-0.15, -0.1) is 23.1 Å². The summed E-state index contributed by atoms with van der Waals surface area (Å²) in [4.78, 5) is 29.7. The number of carbonyl (C=O) groups excluding carboxylic acids is 2. The molecule has 3 rings (SSSR count). The highest BCUT2D eigenvalue weighted by atomic mass is 32.2. The van der Waals surface area contributed by atoms with Crippen molar-refractivity contribution in [3.63, 3.8) is 0 Å². The van der Waals surface area contributed by atoms with E-state index in [1.54, 1.807) is 37.6 Å². The minimum Gasteiger partial charge on any atom is -0.497 e. The molecule has 2 amide bonds. The van der Waals surface area contributed by atoms with Gasteiger partial charge in [-0.25, -0.2) is 4.98 Å². The number of aromatic nitrogens is 1. The third-order valence-corrected chi connectivity index (χ3v) is 5.55. The number of rotatable bonds is 7. The predicted molar refractivity (Wildman–Crippen MR) is 113 cm³/mol. The van der Waals surface area contributed by atoms with Gasteiger partial charge in [-0.2, -0.15) is 0 Å². The van der Waals surface area contributed by atoms with Crippen LogP contribution in [0.15, 0.2) is 65.0 Å². The molecule has 2 aromatic carbocycles. The van der Waals surface area contributed by atoms with Gasteiger partial charge in [0, 0.05) is 27.7 Å². The molecule has 144 valence electrons. The van der Waals surface area contributed by atoms with Gasteiger partial charge in [-0.1, -0.05) is 12.1 Å². The van der Waals surface area contributed by atoms with Crippen molar-refractivity contribution in [2.75, 3.05) is 17.7 Å². The Bertz CT molecular complexity index is 961. The average molecular weight is 414 g/mol. The van der Waals surface area contributed by atoms with E-state index in [-0.39, 0.29) is 17.1 Å². The molecule has 0 saturated carbocycles. The van der Waals surface area contributed by atoms with Crippen LogP contribution in [0.1, 0.15) is 17.3 Å². The number of hydrogen-bond acceptors (Lipinski definition) is 6. The number of amides is 2. The number of nitrogens with zero attached hydrogens (tertiary/aromatic N) is 1. The van der Waals surface area contributed by atoms with E-state index in [0.29, 0.717) is 22.1 Å². The Hall–Kier alpha value is -2.84. The van der Waals surface area contributed by atoms with Crippen molar-refractivity contribution in [1.29, 1.82) is 0 Å². The molecule has 0 spiro atoms. The van der Waals surface area contributed by atoms with Crippen molar-refractivity contribution in [2.45, 2.75) is 17.1 Å². The van der Waals surface area contributed by atoms with E-state index in [0.717, 1.165) is 4.90 Å². The summed E-state index contributed by atoms with van der Waals surface area (Å²) in [5.74, 6) is 0.276. The summed E-state index contributed by atoms with van der Waals surface area (Å²) in [7, 11) is 1.56. The molecule has 1 heterocycles. The number of ether oxygens (including phenoxy) is 1. The Labute approximate surface area is 171 Å². The fourth-order valence-electron chi connectivity index (χ4n) is 2.36. The number of anilines is 2. The van der Waals surface area contributed by atoms with Crippen LogP contribution in [0.4, 0.5) is 10.8 Å². The lowest BCUT2D eigenvalue weighted by Crippen LogP contribution is -2.22. The second-order valence-electron chi connectivity index (χ2n) is 5.80. The quantitative estimate of drug-likeness (QED) is 0.557. The maximum absolute atomic E-state index is 12.5. The summed E-state index contributed by atoms with van der Waals surface area (Å²) < 4.78 is 5.15. The number of benzene rings is 2. The fourth-order valence-corrected chi connectivity index (χ4v) is 3.82. The highest BCUT2D eigenvalue weighted by molar-refractivity contribution is 8.00. The van der Waals surface area contributed by atoms with Crippen LogP contribution in [0.5, 0.6) is 5.75 Å². The molecule has 0 saturated heterocycles. The summed E-state index contributed by atoms with van der Waals surface area (Å²) in [5, 5.41) is 7.74. The Morgan fingerprint density at radius 2 is 1.96 bits per heavy atom. The van der Waals surface area contributed by atoms with Gasteiger partial charge in [-0.3, -0.25) is 9.59 Å². The van der Waals surface area contributed by atoms with Gasteiger partial charge in [-0.05, 0) is 43.3 Å². The zero-order chi connectivity index (χ0) is 19.9. The largest absolute Gasteiger partial charge is 0.497 e. The molecule has 0 aliphatic heterocycles. The second kappa shape index (κ2) is 9.38. The molecular weight excluding hydrogens is 394 g/mol. The van der Waals surface area contributed by atoms with Crippen LogP contribution in [0.25, 0.3) is 0 Å². The van der Waals surface area contributed by atoms with Crippen LogP contribution < -0.4 is 15.4 Å². The van der Waals surface area contributed by atoms with E-state index >= 15 is 0 Å². The van der Waals surface area contributed by atoms with E-state index in [4.69, 9.17) is 4.74 Å². The van der Waals surface area contributed by atoms with Crippen molar-refractivity contribution >= 4 is 45.7 Å². The average Bonchev–Trinajstić information content (AvgIpc) is 3.21. The molecule has 0 radical (unpaired) electrons. The van der Waals surface area contributed by atoms with Crippen molar-refractivity contribution in [3.05, 3.63) is 65.7 Å². The van der Waals surface area contributed by atoms with Gasteiger partial charge in [0.1, 0.15) is 5.75 Å². The van der Waals surface area contributed by atoms with Gasteiger partial charge >= 0.3 is 0 Å². The normalized spacial score (nSPS) is 11.5. The highest BCUT2D eigenvalue weighted by Gasteiger charge is 2.16. The van der Waals surface area contributed by atoms with Gasteiger partial charge in [0.05, 0.1) is 12.4 Å². The Kier molecular flexibility index (Phi) is 6.67. The molecule has 6 nitrogen and oxygen atoms in total. The SMILES string of the molecule is COc1cccc(C(=O)Nc2cccc(SC(C)C(=O)Nc3nccs3)c2)c1. The number of methoxy groups -OCH3 is 1. The van der Waals surface area contributed by atoms with Crippen LogP contribution >= 0.6 is 23.1 Å². The second-order valence-corrected chi connectivity index (χ2v) is 8.11. The number of carbonyl (C=O) groups is 2. The Morgan fingerprint density at radius 3 is 2.71 bits per heavy atom. The van der Waals surface area contributed by atoms with Crippen LogP contribution in [-0.2, 0) is 4.79 Å². The van der Waals surface area contributed by atoms with E-state index in [9.17, 15) is 9.59 Å². The first-order valence-electron chi connectivity index (χ1n) is 8.47. The summed E-state index contributed by atoms with van der Waals surface area (Å²) in [6.45, 7) is 1.83. The fraction of sp³-hybridized carbons (Fsp3) is 0.150. The number of thiazole rings is 1. The summed E-state index contributed by atoms with van der Waals surface area (Å²) in [6.07, 6.45) is 1.65. The summed E-state index contributed by atoms with van der Waals surface area (Å²) in [5.41, 5.74) is 1.17. The molecular formula is C20H19N3O3S2. The first kappa shape index (κ1) is 19.9. The van der Waals surface area contributed by atoms with Gasteiger partial charge in [0.15, 0.2) is 5.13 Å². The molecule has 8 heteroatoms. The zero-order valence-corrected chi connectivity index (χ0v) is 17.0. The van der Waals surface area contributed by atoms with Crippen molar-refractivity contribution in [1.82, 2.24) is 4.98 Å². The standard InChI is InChI=1S/C20H19N3O3S2/c1-13(18(24)23-20-21-9-10-27-20)28-17-8-4-6-15(12-17)22-19(25)14-5-3-7-16(11-14)26-2/h3-13H,1-2H3,(H,22,25)(H,21,23,24). The van der Waals surface area contributed by atoms with Crippen LogP contribution in [-0.4, -0.2) is 29.2 Å². The summed E-state index contributed by atoms with van der Waals surface area (Å²) >= 11 is 2.79. The number of hydrogen-bond donors (Lipinski definition) is 2. The number of nitrogens with one attached hydrogen (secondary N) is 2. The summed E-state index contributed by atoms with van der Waals surface area (Å²) in [6, 6.07) is 14.3. The van der Waals surface area contributed by atoms with E-state index in [1.807, 2.05) is 36.6 Å². The Morgan fingerprint density at radius 1 is 1.14 bits per heavy atom. The van der Waals surface area contributed by atoms with Crippen molar-refractivity contribution in [2.24, 2.45) is 0 Å². The zero-order valence-electron chi connectivity index (χ0n) is 15.3. The minimum absolute atomic E-state index is 0.120. The van der Waals surface area contributed by atoms with E-state index in [2.05, 4.69) is 15.6 Å². The molecule has 0 aliphatic rings. The first-order chi connectivity index (χ1) is 13.5. The molecule has 1 atom stereocenters. The van der Waals surface area contributed by atoms with Crippen LogP contribution in [0.2, 0.25) is 0 Å². The van der Waals surface area contributed by atoms with Crippen molar-refractivity contribution in [3.8, 4) is 5.75 Å². The molecule has 2 N–H and O–H groups in total.